The molecule has 1 aliphatic rings. The maximum absolute atomic E-state index is 14.1. The molecule has 1 heterocycles. The maximum Gasteiger partial charge on any atom is 0.263 e. The zero-order chi connectivity index (χ0) is 15.9. The molecule has 0 fully saturated rings. The van der Waals surface area contributed by atoms with Crippen molar-refractivity contribution in [3.8, 4) is 0 Å². The van der Waals surface area contributed by atoms with E-state index in [2.05, 4.69) is 0 Å². The maximum atomic E-state index is 14.1. The Morgan fingerprint density at radius 1 is 1.05 bits per heavy atom. The van der Waals surface area contributed by atoms with Gasteiger partial charge < -0.3 is 0 Å². The SMILES string of the molecule is CCC=C1c2ccccc2C(=O)N1c1c(F)cc(F)cc1F. The van der Waals surface area contributed by atoms with E-state index in [4.69, 9.17) is 0 Å². The van der Waals surface area contributed by atoms with Crippen LogP contribution in [0.4, 0.5) is 18.9 Å². The molecule has 1 amide bonds. The molecule has 0 aliphatic carbocycles. The number of hydrogen-bond acceptors (Lipinski definition) is 1. The average molecular weight is 303 g/mol. The molecule has 0 unspecified atom stereocenters. The van der Waals surface area contributed by atoms with Gasteiger partial charge in [0.05, 0.1) is 5.70 Å². The lowest BCUT2D eigenvalue weighted by atomic mass is 10.1. The number of nitrogens with zero attached hydrogens (tertiary/aromatic N) is 1. The average Bonchev–Trinajstić information content (AvgIpc) is 2.73. The number of carbonyl (C=O) groups is 1. The van der Waals surface area contributed by atoms with Gasteiger partial charge in [-0.3, -0.25) is 9.69 Å². The first-order valence-electron chi connectivity index (χ1n) is 6.83. The molecule has 1 aliphatic heterocycles. The van der Waals surface area contributed by atoms with Gasteiger partial charge in [0.15, 0.2) is 11.6 Å². The summed E-state index contributed by atoms with van der Waals surface area (Å²) in [5.74, 6) is -3.77. The van der Waals surface area contributed by atoms with Gasteiger partial charge in [0, 0.05) is 23.3 Å². The van der Waals surface area contributed by atoms with Gasteiger partial charge in [-0.2, -0.15) is 0 Å². The van der Waals surface area contributed by atoms with Crippen molar-refractivity contribution in [2.45, 2.75) is 13.3 Å². The Bertz CT molecular complexity index is 775. The minimum atomic E-state index is -1.11. The van der Waals surface area contributed by atoms with Crippen LogP contribution in [0.15, 0.2) is 42.5 Å². The standard InChI is InChI=1S/C17H12F3NO/c1-2-5-15-11-6-3-4-7-12(11)17(22)21(15)16-13(19)8-10(18)9-14(16)20/h3-9H,2H2,1H3. The Labute approximate surface area is 125 Å². The summed E-state index contributed by atoms with van der Waals surface area (Å²) in [4.78, 5) is 13.5. The molecule has 112 valence electrons. The van der Waals surface area contributed by atoms with E-state index in [0.717, 1.165) is 4.90 Å². The molecule has 22 heavy (non-hydrogen) atoms. The number of hydrogen-bond donors (Lipinski definition) is 0. The normalized spacial score (nSPS) is 15.5. The first-order valence-corrected chi connectivity index (χ1v) is 6.83. The monoisotopic (exact) mass is 303 g/mol. The summed E-state index contributed by atoms with van der Waals surface area (Å²) in [6.45, 7) is 1.86. The largest absolute Gasteiger partial charge is 0.271 e. The molecule has 0 radical (unpaired) electrons. The molecule has 2 aromatic carbocycles. The molecule has 0 saturated heterocycles. The Hall–Kier alpha value is -2.56. The molecule has 2 nitrogen and oxygen atoms in total. The van der Waals surface area contributed by atoms with Crippen molar-refractivity contribution in [1.82, 2.24) is 0 Å². The van der Waals surface area contributed by atoms with Gasteiger partial charge >= 0.3 is 0 Å². The van der Waals surface area contributed by atoms with E-state index in [9.17, 15) is 18.0 Å². The minimum absolute atomic E-state index is 0.366. The summed E-state index contributed by atoms with van der Waals surface area (Å²) in [6.07, 6.45) is 2.30. The molecule has 0 bridgehead atoms. The van der Waals surface area contributed by atoms with Crippen LogP contribution in [0.2, 0.25) is 0 Å². The molecule has 0 spiro atoms. The fourth-order valence-electron chi connectivity index (χ4n) is 2.61. The van der Waals surface area contributed by atoms with Crippen LogP contribution in [0.5, 0.6) is 0 Å². The summed E-state index contributed by atoms with van der Waals surface area (Å²) in [5.41, 5.74) is 0.831. The zero-order valence-corrected chi connectivity index (χ0v) is 11.7. The van der Waals surface area contributed by atoms with Crippen LogP contribution in [0.3, 0.4) is 0 Å². The predicted molar refractivity (Wildman–Crippen MR) is 77.8 cm³/mol. The Balaban J connectivity index is 2.24. The van der Waals surface area contributed by atoms with E-state index in [-0.39, 0.29) is 0 Å². The van der Waals surface area contributed by atoms with Gasteiger partial charge in [-0.05, 0) is 12.5 Å². The van der Waals surface area contributed by atoms with Gasteiger partial charge in [0.2, 0.25) is 0 Å². The number of anilines is 1. The quantitative estimate of drug-likeness (QED) is 0.799. The fraction of sp³-hybridized carbons (Fsp3) is 0.118. The van der Waals surface area contributed by atoms with Gasteiger partial charge in [0.25, 0.3) is 5.91 Å². The number of fused-ring (bicyclic) bond motifs is 1. The molecule has 3 rings (SSSR count). The van der Waals surface area contributed by atoms with Crippen LogP contribution in [0.25, 0.3) is 5.70 Å². The summed E-state index contributed by atoms with van der Waals surface area (Å²) >= 11 is 0. The number of amides is 1. The number of benzene rings is 2. The van der Waals surface area contributed by atoms with Crippen LogP contribution in [-0.2, 0) is 0 Å². The van der Waals surface area contributed by atoms with Crippen molar-refractivity contribution in [2.24, 2.45) is 0 Å². The highest BCUT2D eigenvalue weighted by Crippen LogP contribution is 2.39. The summed E-state index contributed by atoms with van der Waals surface area (Å²) in [6, 6.07) is 7.88. The fourth-order valence-corrected chi connectivity index (χ4v) is 2.61. The van der Waals surface area contributed by atoms with Crippen LogP contribution in [0, 0.1) is 17.5 Å². The molecular formula is C17H12F3NO. The van der Waals surface area contributed by atoms with Crippen molar-refractivity contribution in [2.75, 3.05) is 4.90 Å². The van der Waals surface area contributed by atoms with Crippen LogP contribution in [-0.4, -0.2) is 5.91 Å². The third kappa shape index (κ3) is 2.09. The lowest BCUT2D eigenvalue weighted by Gasteiger charge is -2.20. The van der Waals surface area contributed by atoms with Crippen molar-refractivity contribution in [1.29, 1.82) is 0 Å². The predicted octanol–water partition coefficient (Wildman–Crippen LogP) is 4.52. The van der Waals surface area contributed by atoms with Crippen molar-refractivity contribution in [3.63, 3.8) is 0 Å². The van der Waals surface area contributed by atoms with Crippen LogP contribution in [0.1, 0.15) is 29.3 Å². The highest BCUT2D eigenvalue weighted by atomic mass is 19.1. The van der Waals surface area contributed by atoms with Crippen molar-refractivity contribution < 1.29 is 18.0 Å². The number of allylic oxidation sites excluding steroid dienone is 1. The van der Waals surface area contributed by atoms with E-state index >= 15 is 0 Å². The van der Waals surface area contributed by atoms with Crippen molar-refractivity contribution >= 4 is 17.3 Å². The first-order chi connectivity index (χ1) is 10.5. The molecule has 0 N–H and O–H groups in total. The van der Waals surface area contributed by atoms with E-state index in [1.807, 2.05) is 6.92 Å². The van der Waals surface area contributed by atoms with E-state index in [1.165, 1.54) is 0 Å². The lowest BCUT2D eigenvalue weighted by Crippen LogP contribution is -2.24. The van der Waals surface area contributed by atoms with E-state index < -0.39 is 29.0 Å². The van der Waals surface area contributed by atoms with Crippen molar-refractivity contribution in [3.05, 3.63) is 71.1 Å². The highest BCUT2D eigenvalue weighted by molar-refractivity contribution is 6.22. The van der Waals surface area contributed by atoms with E-state index in [0.29, 0.717) is 35.4 Å². The molecule has 0 aromatic heterocycles. The number of halogens is 3. The number of carbonyl (C=O) groups excluding carboxylic acids is 1. The third-order valence-corrected chi connectivity index (χ3v) is 3.48. The van der Waals surface area contributed by atoms with Crippen LogP contribution < -0.4 is 4.90 Å². The second kappa shape index (κ2) is 5.33. The summed E-state index contributed by atoms with van der Waals surface area (Å²) < 4.78 is 41.2. The Morgan fingerprint density at radius 3 is 2.23 bits per heavy atom. The smallest absolute Gasteiger partial charge is 0.263 e. The topological polar surface area (TPSA) is 20.3 Å². The van der Waals surface area contributed by atoms with Gasteiger partial charge in [-0.25, -0.2) is 13.2 Å². The molecule has 5 heteroatoms. The second-order valence-corrected chi connectivity index (χ2v) is 4.90. The molecule has 0 saturated carbocycles. The lowest BCUT2D eigenvalue weighted by molar-refractivity contribution is 0.100. The third-order valence-electron chi connectivity index (χ3n) is 3.48. The Morgan fingerprint density at radius 2 is 1.64 bits per heavy atom. The first kappa shape index (κ1) is 14.4. The molecule has 0 atom stereocenters. The van der Waals surface area contributed by atoms with Crippen LogP contribution >= 0.6 is 0 Å². The van der Waals surface area contributed by atoms with Gasteiger partial charge in [-0.1, -0.05) is 31.2 Å². The van der Waals surface area contributed by atoms with Gasteiger partial charge in [0.1, 0.15) is 11.5 Å². The zero-order valence-electron chi connectivity index (χ0n) is 11.7. The molecule has 2 aromatic rings. The minimum Gasteiger partial charge on any atom is -0.271 e. The summed E-state index contributed by atoms with van der Waals surface area (Å²) in [5, 5.41) is 0. The van der Waals surface area contributed by atoms with E-state index in [1.54, 1.807) is 30.3 Å². The highest BCUT2D eigenvalue weighted by Gasteiger charge is 2.36. The Kier molecular flexibility index (Phi) is 3.48. The summed E-state index contributed by atoms with van der Waals surface area (Å²) in [7, 11) is 0. The second-order valence-electron chi connectivity index (χ2n) is 4.90. The van der Waals surface area contributed by atoms with Gasteiger partial charge in [-0.15, -0.1) is 0 Å². The molecular weight excluding hydrogens is 291 g/mol. The number of rotatable bonds is 2.